The molecule has 1 aromatic heterocycles. The molecule has 4 heteroatoms. The van der Waals surface area contributed by atoms with Crippen LogP contribution in [0.3, 0.4) is 0 Å². The number of carbonyl (C=O) groups excluding carboxylic acids is 1. The summed E-state index contributed by atoms with van der Waals surface area (Å²) in [5.74, 6) is -0.0764. The first kappa shape index (κ1) is 13.7. The Balaban J connectivity index is 1.73. The number of rotatable bonds is 3. The average molecular weight is 299 g/mol. The van der Waals surface area contributed by atoms with Crippen LogP contribution < -0.4 is 5.32 Å². The molecule has 0 aliphatic heterocycles. The van der Waals surface area contributed by atoms with Crippen molar-refractivity contribution in [2.45, 2.75) is 13.5 Å². The summed E-state index contributed by atoms with van der Waals surface area (Å²) >= 11 is 5.93. The number of hydrogen-bond donors (Lipinski definition) is 2. The van der Waals surface area contributed by atoms with Gasteiger partial charge in [0.05, 0.1) is 0 Å². The second kappa shape index (κ2) is 5.62. The molecule has 3 aromatic rings. The summed E-state index contributed by atoms with van der Waals surface area (Å²) in [6.45, 7) is 2.48. The third kappa shape index (κ3) is 2.93. The van der Waals surface area contributed by atoms with Gasteiger partial charge in [-0.25, -0.2) is 0 Å². The first-order chi connectivity index (χ1) is 10.1. The van der Waals surface area contributed by atoms with Crippen molar-refractivity contribution in [2.24, 2.45) is 0 Å². The smallest absolute Gasteiger partial charge is 0.251 e. The number of fused-ring (bicyclic) bond motifs is 1. The van der Waals surface area contributed by atoms with Crippen LogP contribution in [0.1, 0.15) is 21.5 Å². The lowest BCUT2D eigenvalue weighted by Gasteiger charge is -2.08. The molecule has 1 amide bonds. The van der Waals surface area contributed by atoms with Crippen LogP contribution in [-0.2, 0) is 6.54 Å². The molecular formula is C17H15ClN2O. The molecule has 2 aromatic carbocycles. The van der Waals surface area contributed by atoms with Gasteiger partial charge in [-0.1, -0.05) is 17.7 Å². The van der Waals surface area contributed by atoms with Gasteiger partial charge in [0.25, 0.3) is 5.91 Å². The number of carbonyl (C=O) groups is 1. The second-order valence-corrected chi connectivity index (χ2v) is 5.47. The lowest BCUT2D eigenvalue weighted by atomic mass is 10.1. The number of nitrogens with one attached hydrogen (secondary N) is 2. The third-order valence-corrected chi connectivity index (χ3v) is 3.79. The summed E-state index contributed by atoms with van der Waals surface area (Å²) in [5.41, 5.74) is 3.83. The number of aromatic amines is 1. The third-order valence-electron chi connectivity index (χ3n) is 3.56. The average Bonchev–Trinajstić information content (AvgIpc) is 2.93. The molecule has 3 rings (SSSR count). The Morgan fingerprint density at radius 3 is 2.86 bits per heavy atom. The summed E-state index contributed by atoms with van der Waals surface area (Å²) in [7, 11) is 0. The predicted octanol–water partition coefficient (Wildman–Crippen LogP) is 4.06. The Morgan fingerprint density at radius 2 is 2.05 bits per heavy atom. The maximum Gasteiger partial charge on any atom is 0.251 e. The maximum atomic E-state index is 12.2. The first-order valence-corrected chi connectivity index (χ1v) is 7.11. The van der Waals surface area contributed by atoms with Crippen LogP contribution in [0.5, 0.6) is 0 Å². The van der Waals surface area contributed by atoms with Gasteiger partial charge in [-0.3, -0.25) is 4.79 Å². The van der Waals surface area contributed by atoms with Crippen LogP contribution in [0, 0.1) is 6.92 Å². The molecule has 0 bridgehead atoms. The highest BCUT2D eigenvalue weighted by atomic mass is 35.5. The lowest BCUT2D eigenvalue weighted by Crippen LogP contribution is -2.23. The van der Waals surface area contributed by atoms with Crippen molar-refractivity contribution in [1.82, 2.24) is 10.3 Å². The number of benzene rings is 2. The maximum absolute atomic E-state index is 12.2. The number of hydrogen-bond acceptors (Lipinski definition) is 1. The minimum Gasteiger partial charge on any atom is -0.361 e. The van der Waals surface area contributed by atoms with E-state index >= 15 is 0 Å². The quantitative estimate of drug-likeness (QED) is 0.752. The highest BCUT2D eigenvalue weighted by Gasteiger charge is 2.07. The van der Waals surface area contributed by atoms with E-state index in [0.29, 0.717) is 17.1 Å². The van der Waals surface area contributed by atoms with Gasteiger partial charge in [0, 0.05) is 34.2 Å². The van der Waals surface area contributed by atoms with E-state index in [9.17, 15) is 4.79 Å². The number of aromatic nitrogens is 1. The minimum absolute atomic E-state index is 0.0764. The molecule has 21 heavy (non-hydrogen) atoms. The zero-order valence-corrected chi connectivity index (χ0v) is 12.4. The molecule has 106 valence electrons. The molecule has 0 atom stereocenters. The van der Waals surface area contributed by atoms with Crippen LogP contribution >= 0.6 is 11.6 Å². The number of aryl methyl sites for hydroxylation is 1. The molecule has 0 radical (unpaired) electrons. The van der Waals surface area contributed by atoms with E-state index in [1.54, 1.807) is 0 Å². The molecule has 0 saturated carbocycles. The van der Waals surface area contributed by atoms with Crippen LogP contribution in [0.25, 0.3) is 10.9 Å². The van der Waals surface area contributed by atoms with Crippen LogP contribution in [0.4, 0.5) is 0 Å². The topological polar surface area (TPSA) is 44.9 Å². The highest BCUT2D eigenvalue weighted by Crippen LogP contribution is 2.16. The van der Waals surface area contributed by atoms with Gasteiger partial charge in [0.2, 0.25) is 0 Å². The molecule has 0 aliphatic rings. The van der Waals surface area contributed by atoms with Crippen molar-refractivity contribution in [3.05, 3.63) is 70.4 Å². The van der Waals surface area contributed by atoms with Gasteiger partial charge in [-0.15, -0.1) is 0 Å². The van der Waals surface area contributed by atoms with Gasteiger partial charge in [-0.2, -0.15) is 0 Å². The Kier molecular flexibility index (Phi) is 3.67. The zero-order chi connectivity index (χ0) is 14.8. The van der Waals surface area contributed by atoms with E-state index in [2.05, 4.69) is 10.3 Å². The first-order valence-electron chi connectivity index (χ1n) is 6.74. The zero-order valence-electron chi connectivity index (χ0n) is 11.6. The fraction of sp³-hybridized carbons (Fsp3) is 0.118. The predicted molar refractivity (Wildman–Crippen MR) is 85.7 cm³/mol. The summed E-state index contributed by atoms with van der Waals surface area (Å²) in [6, 6.07) is 13.2. The van der Waals surface area contributed by atoms with E-state index in [0.717, 1.165) is 22.0 Å². The van der Waals surface area contributed by atoms with Crippen molar-refractivity contribution in [2.75, 3.05) is 0 Å². The van der Waals surface area contributed by atoms with Gasteiger partial charge >= 0.3 is 0 Å². The monoisotopic (exact) mass is 298 g/mol. The molecular weight excluding hydrogens is 284 g/mol. The van der Waals surface area contributed by atoms with E-state index < -0.39 is 0 Å². The van der Waals surface area contributed by atoms with Gasteiger partial charge in [0.1, 0.15) is 0 Å². The van der Waals surface area contributed by atoms with Crippen molar-refractivity contribution < 1.29 is 4.79 Å². The molecule has 0 aliphatic carbocycles. The van der Waals surface area contributed by atoms with Crippen LogP contribution in [0.15, 0.2) is 48.7 Å². The van der Waals surface area contributed by atoms with Crippen LogP contribution in [0.2, 0.25) is 5.02 Å². The standard InChI is InChI=1S/C17H15ClN2O/c1-11-8-15(18)4-2-14(11)10-20-17(21)13-3-5-16-12(9-13)6-7-19-16/h2-9,19H,10H2,1H3,(H,20,21). The van der Waals surface area contributed by atoms with E-state index in [1.165, 1.54) is 0 Å². The SMILES string of the molecule is Cc1cc(Cl)ccc1CNC(=O)c1ccc2[nH]ccc2c1. The van der Waals surface area contributed by atoms with Crippen molar-refractivity contribution >= 4 is 28.4 Å². The minimum atomic E-state index is -0.0764. The van der Waals surface area contributed by atoms with Crippen molar-refractivity contribution in [3.63, 3.8) is 0 Å². The summed E-state index contributed by atoms with van der Waals surface area (Å²) in [5, 5.41) is 4.68. The summed E-state index contributed by atoms with van der Waals surface area (Å²) in [4.78, 5) is 15.3. The molecule has 0 fully saturated rings. The van der Waals surface area contributed by atoms with Gasteiger partial charge < -0.3 is 10.3 Å². The Labute approximate surface area is 127 Å². The number of halogens is 1. The molecule has 2 N–H and O–H groups in total. The van der Waals surface area contributed by atoms with Gasteiger partial charge in [-0.05, 0) is 54.4 Å². The summed E-state index contributed by atoms with van der Waals surface area (Å²) < 4.78 is 0. The molecule has 1 heterocycles. The molecule has 0 saturated heterocycles. The fourth-order valence-electron chi connectivity index (χ4n) is 2.33. The Hall–Kier alpha value is -2.26. The number of amides is 1. The van der Waals surface area contributed by atoms with Crippen molar-refractivity contribution in [1.29, 1.82) is 0 Å². The Bertz CT molecular complexity index is 807. The van der Waals surface area contributed by atoms with E-state index in [4.69, 9.17) is 11.6 Å². The second-order valence-electron chi connectivity index (χ2n) is 5.03. The molecule has 0 unspecified atom stereocenters. The summed E-state index contributed by atoms with van der Waals surface area (Å²) in [6.07, 6.45) is 1.86. The molecule has 3 nitrogen and oxygen atoms in total. The van der Waals surface area contributed by atoms with Crippen molar-refractivity contribution in [3.8, 4) is 0 Å². The molecule has 0 spiro atoms. The largest absolute Gasteiger partial charge is 0.361 e. The van der Waals surface area contributed by atoms with Crippen LogP contribution in [-0.4, -0.2) is 10.9 Å². The Morgan fingerprint density at radius 1 is 1.19 bits per heavy atom. The lowest BCUT2D eigenvalue weighted by molar-refractivity contribution is 0.0951. The van der Waals surface area contributed by atoms with Gasteiger partial charge in [0.15, 0.2) is 0 Å². The number of H-pyrrole nitrogens is 1. The normalized spacial score (nSPS) is 10.8. The highest BCUT2D eigenvalue weighted by molar-refractivity contribution is 6.30. The fourth-order valence-corrected chi connectivity index (χ4v) is 2.56. The van der Waals surface area contributed by atoms with E-state index in [-0.39, 0.29) is 5.91 Å². The van der Waals surface area contributed by atoms with E-state index in [1.807, 2.05) is 55.6 Å².